The van der Waals surface area contributed by atoms with Gasteiger partial charge in [0.1, 0.15) is 6.61 Å². The Bertz CT molecular complexity index is 617. The number of rotatable bonds is 8. The van der Waals surface area contributed by atoms with Crippen molar-refractivity contribution in [2.45, 2.75) is 58.8 Å². The zero-order valence-electron chi connectivity index (χ0n) is 18.2. The molecule has 0 saturated carbocycles. The van der Waals surface area contributed by atoms with E-state index in [-0.39, 0.29) is 24.4 Å². The predicted octanol–water partition coefficient (Wildman–Crippen LogP) is 4.34. The molecule has 1 N–H and O–H groups in total. The molecule has 0 radical (unpaired) electrons. The number of methoxy groups -OCH3 is 2. The minimum absolute atomic E-state index is 0.000227. The van der Waals surface area contributed by atoms with Gasteiger partial charge in [-0.2, -0.15) is 0 Å². The molecule has 0 spiro atoms. The lowest BCUT2D eigenvalue weighted by Gasteiger charge is -2.36. The molecule has 1 rings (SSSR count). The topological polar surface area (TPSA) is 65.0 Å². The number of ether oxygens (including phenoxy) is 3. The van der Waals surface area contributed by atoms with E-state index in [9.17, 15) is 9.90 Å². The molecule has 0 aromatic carbocycles. The molecule has 1 aliphatic carbocycles. The molecule has 158 valence electrons. The van der Waals surface area contributed by atoms with Gasteiger partial charge < -0.3 is 19.3 Å². The molecule has 0 fully saturated rings. The van der Waals surface area contributed by atoms with Crippen molar-refractivity contribution in [2.75, 3.05) is 20.8 Å². The minimum atomic E-state index is -0.926. The van der Waals surface area contributed by atoms with Crippen LogP contribution in [-0.4, -0.2) is 43.8 Å². The van der Waals surface area contributed by atoms with Crippen molar-refractivity contribution < 1.29 is 24.1 Å². The third-order valence-corrected chi connectivity index (χ3v) is 4.90. The van der Waals surface area contributed by atoms with E-state index in [0.717, 1.165) is 30.4 Å². The van der Waals surface area contributed by atoms with Crippen molar-refractivity contribution in [3.63, 3.8) is 0 Å². The molecule has 0 bridgehead atoms. The lowest BCUT2D eigenvalue weighted by atomic mass is 9.74. The summed E-state index contributed by atoms with van der Waals surface area (Å²) in [7, 11) is 3.26. The number of allylic oxidation sites excluding steroid dienone is 4. The fourth-order valence-corrected chi connectivity index (χ4v) is 3.52. The number of hydrogen-bond donors (Lipinski definition) is 1. The van der Waals surface area contributed by atoms with Crippen LogP contribution in [0.3, 0.4) is 0 Å². The van der Waals surface area contributed by atoms with Crippen LogP contribution in [0.5, 0.6) is 0 Å². The second kappa shape index (κ2) is 11.3. The quantitative estimate of drug-likeness (QED) is 0.288. The first kappa shape index (κ1) is 24.3. The molecule has 5 heteroatoms. The molecule has 0 aromatic rings. The van der Waals surface area contributed by atoms with Gasteiger partial charge in [-0.1, -0.05) is 42.0 Å². The van der Waals surface area contributed by atoms with Crippen molar-refractivity contribution in [3.8, 4) is 0 Å². The molecule has 5 nitrogen and oxygen atoms in total. The van der Waals surface area contributed by atoms with Gasteiger partial charge in [0.25, 0.3) is 0 Å². The number of esters is 1. The summed E-state index contributed by atoms with van der Waals surface area (Å²) in [4.78, 5) is 11.5. The highest BCUT2D eigenvalue weighted by Gasteiger charge is 2.35. The first-order chi connectivity index (χ1) is 13.1. The summed E-state index contributed by atoms with van der Waals surface area (Å²) in [5.74, 6) is -0.406. The van der Waals surface area contributed by atoms with Crippen LogP contribution in [-0.2, 0) is 19.0 Å². The summed E-state index contributed by atoms with van der Waals surface area (Å²) in [6.07, 6.45) is 9.81. The second-order valence-electron chi connectivity index (χ2n) is 7.96. The standard InChI is InChI=1S/C23H36O5/c1-16-10-8-11-17(2)21(22(26-6)27-7)20(14-16)19(15-28-18(3)24)12-9-13-23(4,5)25/h9-10,12-13,20-22,25H,2,8,11,14-15H2,1,3-7H3/b13-9+,16-10+,19-12-/t20-,21+/m1/s1. The molecule has 0 saturated heterocycles. The normalized spacial score (nSPS) is 24.1. The lowest BCUT2D eigenvalue weighted by molar-refractivity contribution is -0.142. The first-order valence-corrected chi connectivity index (χ1v) is 9.72. The average molecular weight is 393 g/mol. The van der Waals surface area contributed by atoms with Gasteiger partial charge >= 0.3 is 5.97 Å². The third-order valence-electron chi connectivity index (χ3n) is 4.90. The summed E-state index contributed by atoms with van der Waals surface area (Å²) < 4.78 is 16.6. The summed E-state index contributed by atoms with van der Waals surface area (Å²) in [6, 6.07) is 0. The SMILES string of the molecule is C=C1CC/C=C(\C)C[C@H](/C(=C\C=C\C(C)(C)O)COC(C)=O)[C@H]1C(OC)OC. The van der Waals surface area contributed by atoms with Crippen LogP contribution in [0, 0.1) is 11.8 Å². The second-order valence-corrected chi connectivity index (χ2v) is 7.96. The van der Waals surface area contributed by atoms with Crippen molar-refractivity contribution in [1.29, 1.82) is 0 Å². The van der Waals surface area contributed by atoms with Gasteiger partial charge in [0.2, 0.25) is 0 Å². The van der Waals surface area contributed by atoms with E-state index in [2.05, 4.69) is 19.6 Å². The minimum Gasteiger partial charge on any atom is -0.461 e. The maximum absolute atomic E-state index is 11.5. The Morgan fingerprint density at radius 2 is 2.04 bits per heavy atom. The maximum Gasteiger partial charge on any atom is 0.302 e. The van der Waals surface area contributed by atoms with Crippen LogP contribution >= 0.6 is 0 Å². The molecule has 0 heterocycles. The van der Waals surface area contributed by atoms with Crippen LogP contribution in [0.15, 0.2) is 47.6 Å². The number of carbonyl (C=O) groups is 1. The zero-order valence-corrected chi connectivity index (χ0v) is 18.2. The van der Waals surface area contributed by atoms with Crippen LogP contribution in [0.2, 0.25) is 0 Å². The number of hydrogen-bond acceptors (Lipinski definition) is 5. The van der Waals surface area contributed by atoms with E-state index >= 15 is 0 Å². The van der Waals surface area contributed by atoms with Gasteiger partial charge in [0, 0.05) is 27.1 Å². The van der Waals surface area contributed by atoms with Gasteiger partial charge in [-0.25, -0.2) is 0 Å². The van der Waals surface area contributed by atoms with E-state index in [1.54, 1.807) is 34.1 Å². The van der Waals surface area contributed by atoms with E-state index in [0.29, 0.717) is 0 Å². The van der Waals surface area contributed by atoms with Crippen LogP contribution in [0.4, 0.5) is 0 Å². The van der Waals surface area contributed by atoms with Crippen molar-refractivity contribution in [2.24, 2.45) is 11.8 Å². The average Bonchev–Trinajstić information content (AvgIpc) is 2.58. The highest BCUT2D eigenvalue weighted by atomic mass is 16.7. The largest absolute Gasteiger partial charge is 0.461 e. The third kappa shape index (κ3) is 8.13. The Kier molecular flexibility index (Phi) is 9.87. The Labute approximate surface area is 169 Å². The van der Waals surface area contributed by atoms with Gasteiger partial charge in [-0.15, -0.1) is 0 Å². The number of aliphatic hydroxyl groups is 1. The van der Waals surface area contributed by atoms with Crippen LogP contribution in [0.25, 0.3) is 0 Å². The molecule has 2 atom stereocenters. The monoisotopic (exact) mass is 392 g/mol. The molecular weight excluding hydrogens is 356 g/mol. The Balaban J connectivity index is 3.39. The van der Waals surface area contributed by atoms with E-state index in [1.165, 1.54) is 12.5 Å². The highest BCUT2D eigenvalue weighted by molar-refractivity contribution is 5.66. The van der Waals surface area contributed by atoms with E-state index in [4.69, 9.17) is 14.2 Å². The van der Waals surface area contributed by atoms with Crippen molar-refractivity contribution >= 4 is 5.97 Å². The Morgan fingerprint density at radius 1 is 1.39 bits per heavy atom. The summed E-state index contributed by atoms with van der Waals surface area (Å²) in [5, 5.41) is 9.98. The molecule has 0 aromatic heterocycles. The van der Waals surface area contributed by atoms with Crippen LogP contribution < -0.4 is 0 Å². The lowest BCUT2D eigenvalue weighted by Crippen LogP contribution is -2.35. The fraction of sp³-hybridized carbons (Fsp3) is 0.609. The predicted molar refractivity (Wildman–Crippen MR) is 112 cm³/mol. The summed E-state index contributed by atoms with van der Waals surface area (Å²) >= 11 is 0. The smallest absolute Gasteiger partial charge is 0.302 e. The maximum atomic E-state index is 11.5. The molecule has 0 aliphatic heterocycles. The van der Waals surface area contributed by atoms with Crippen LogP contribution in [0.1, 0.15) is 47.0 Å². The molecule has 0 amide bonds. The van der Waals surface area contributed by atoms with E-state index in [1.807, 2.05) is 12.2 Å². The van der Waals surface area contributed by atoms with Gasteiger partial charge in [-0.05, 0) is 51.5 Å². The zero-order chi connectivity index (χ0) is 21.3. The fourth-order valence-electron chi connectivity index (χ4n) is 3.52. The molecular formula is C23H36O5. The van der Waals surface area contributed by atoms with Crippen molar-refractivity contribution in [1.82, 2.24) is 0 Å². The van der Waals surface area contributed by atoms with Gasteiger partial charge in [0.05, 0.1) is 5.60 Å². The Morgan fingerprint density at radius 3 is 2.57 bits per heavy atom. The molecule has 28 heavy (non-hydrogen) atoms. The Hall–Kier alpha value is -1.69. The number of carbonyl (C=O) groups excluding carboxylic acids is 1. The van der Waals surface area contributed by atoms with Gasteiger partial charge in [-0.3, -0.25) is 4.79 Å². The van der Waals surface area contributed by atoms with Gasteiger partial charge in [0.15, 0.2) is 6.29 Å². The molecule has 0 unspecified atom stereocenters. The summed E-state index contributed by atoms with van der Waals surface area (Å²) in [6.45, 7) is 11.4. The first-order valence-electron chi connectivity index (χ1n) is 9.72. The van der Waals surface area contributed by atoms with E-state index < -0.39 is 11.9 Å². The van der Waals surface area contributed by atoms with Crippen molar-refractivity contribution in [3.05, 3.63) is 47.6 Å². The highest BCUT2D eigenvalue weighted by Crippen LogP contribution is 2.39. The summed E-state index contributed by atoms with van der Waals surface area (Å²) in [5.41, 5.74) is 2.34. The molecule has 1 aliphatic rings.